The lowest BCUT2D eigenvalue weighted by molar-refractivity contribution is 0.102. The van der Waals surface area contributed by atoms with Gasteiger partial charge in [-0.1, -0.05) is 30.0 Å². The summed E-state index contributed by atoms with van der Waals surface area (Å²) >= 11 is 1.25. The van der Waals surface area contributed by atoms with Gasteiger partial charge in [-0.2, -0.15) is 0 Å². The summed E-state index contributed by atoms with van der Waals surface area (Å²) in [4.78, 5) is 18.7. The maximum Gasteiger partial charge on any atom is 0.277 e. The van der Waals surface area contributed by atoms with Gasteiger partial charge in [0.1, 0.15) is 0 Å². The van der Waals surface area contributed by atoms with Gasteiger partial charge in [0.2, 0.25) is 0 Å². The molecule has 7 heteroatoms. The number of benzene rings is 1. The second kappa shape index (κ2) is 6.25. The minimum Gasteiger partial charge on any atom is -0.411 e. The van der Waals surface area contributed by atoms with E-state index in [1.807, 2.05) is 50.4 Å². The fourth-order valence-corrected chi connectivity index (χ4v) is 3.49. The Morgan fingerprint density at radius 3 is 2.88 bits per heavy atom. The van der Waals surface area contributed by atoms with Crippen LogP contribution >= 0.6 is 11.8 Å². The maximum atomic E-state index is 12.3. The van der Waals surface area contributed by atoms with Gasteiger partial charge in [-0.05, 0) is 26.0 Å². The third kappa shape index (κ3) is 2.98. The first-order chi connectivity index (χ1) is 12.1. The highest BCUT2D eigenvalue weighted by Gasteiger charge is 2.16. The predicted octanol–water partition coefficient (Wildman–Crippen LogP) is 4.14. The molecule has 0 aliphatic carbocycles. The number of thioether (sulfide) groups is 1. The molecule has 0 bridgehead atoms. The van der Waals surface area contributed by atoms with Crippen LogP contribution in [-0.4, -0.2) is 31.7 Å². The fraction of sp³-hybridized carbons (Fsp3) is 0.167. The number of ketones is 1. The number of rotatable bonds is 5. The molecule has 0 saturated carbocycles. The van der Waals surface area contributed by atoms with E-state index in [4.69, 9.17) is 4.42 Å². The Bertz CT molecular complexity index is 1060. The number of nitrogens with one attached hydrogen (secondary N) is 2. The van der Waals surface area contributed by atoms with Crippen LogP contribution in [0.3, 0.4) is 0 Å². The minimum atomic E-state index is 0.0405. The highest BCUT2D eigenvalue weighted by molar-refractivity contribution is 7.99. The van der Waals surface area contributed by atoms with E-state index in [2.05, 4.69) is 20.2 Å². The zero-order valence-electron chi connectivity index (χ0n) is 13.8. The first kappa shape index (κ1) is 15.7. The largest absolute Gasteiger partial charge is 0.411 e. The van der Waals surface area contributed by atoms with E-state index in [-0.39, 0.29) is 11.5 Å². The summed E-state index contributed by atoms with van der Waals surface area (Å²) in [5, 5.41) is 9.56. The Labute approximate surface area is 148 Å². The van der Waals surface area contributed by atoms with Crippen LogP contribution in [-0.2, 0) is 0 Å². The van der Waals surface area contributed by atoms with Gasteiger partial charge in [-0.25, -0.2) is 0 Å². The first-order valence-corrected chi connectivity index (χ1v) is 8.82. The number of hydrogen-bond acceptors (Lipinski definition) is 5. The number of H-pyrrole nitrogens is 2. The second-order valence-corrected chi connectivity index (χ2v) is 6.75. The monoisotopic (exact) mass is 352 g/mol. The summed E-state index contributed by atoms with van der Waals surface area (Å²) in [6.07, 6.45) is 1.85. The van der Waals surface area contributed by atoms with E-state index < -0.39 is 0 Å². The van der Waals surface area contributed by atoms with Crippen molar-refractivity contribution in [1.29, 1.82) is 0 Å². The summed E-state index contributed by atoms with van der Waals surface area (Å²) in [5.41, 5.74) is 4.44. The molecule has 0 saturated heterocycles. The highest BCUT2D eigenvalue weighted by Crippen LogP contribution is 2.29. The standard InChI is InChI=1S/C18H16N4O2S/c1-10-7-13(11(2)20-10)16(23)9-25-18-22-21-17(24-18)14-8-19-15-6-4-3-5-12(14)15/h3-8,19-20H,9H2,1-2H3. The van der Waals surface area contributed by atoms with Crippen LogP contribution in [0.4, 0.5) is 0 Å². The van der Waals surface area contributed by atoms with Crippen molar-refractivity contribution in [2.24, 2.45) is 0 Å². The minimum absolute atomic E-state index is 0.0405. The number of fused-ring (bicyclic) bond motifs is 1. The van der Waals surface area contributed by atoms with E-state index in [9.17, 15) is 4.79 Å². The molecule has 0 aliphatic rings. The molecule has 1 aromatic carbocycles. The van der Waals surface area contributed by atoms with Gasteiger partial charge in [0.05, 0.1) is 11.3 Å². The molecule has 0 aliphatic heterocycles. The molecule has 0 amide bonds. The van der Waals surface area contributed by atoms with Crippen molar-refractivity contribution in [2.45, 2.75) is 19.1 Å². The highest BCUT2D eigenvalue weighted by atomic mass is 32.2. The second-order valence-electron chi connectivity index (χ2n) is 5.82. The van der Waals surface area contributed by atoms with Crippen molar-refractivity contribution >= 4 is 28.4 Å². The number of para-hydroxylation sites is 1. The van der Waals surface area contributed by atoms with Crippen molar-refractivity contribution in [1.82, 2.24) is 20.2 Å². The van der Waals surface area contributed by atoms with Crippen molar-refractivity contribution < 1.29 is 9.21 Å². The molecule has 0 atom stereocenters. The number of aromatic amines is 2. The Kier molecular flexibility index (Phi) is 3.93. The SMILES string of the molecule is Cc1cc(C(=O)CSc2nnc(-c3c[nH]c4ccccc34)o2)c(C)[nH]1. The van der Waals surface area contributed by atoms with Crippen LogP contribution in [0.2, 0.25) is 0 Å². The van der Waals surface area contributed by atoms with E-state index in [1.165, 1.54) is 11.8 Å². The van der Waals surface area contributed by atoms with Crippen LogP contribution in [0.5, 0.6) is 0 Å². The average Bonchev–Trinajstić information content (AvgIpc) is 3.30. The summed E-state index contributed by atoms with van der Waals surface area (Å²) < 4.78 is 5.72. The molecule has 0 unspecified atom stereocenters. The van der Waals surface area contributed by atoms with E-state index in [0.29, 0.717) is 16.7 Å². The summed E-state index contributed by atoms with van der Waals surface area (Å²) in [6, 6.07) is 9.78. The lowest BCUT2D eigenvalue weighted by Gasteiger charge is -1.97. The normalized spacial score (nSPS) is 11.3. The number of carbonyl (C=O) groups excluding carboxylic acids is 1. The Hall–Kier alpha value is -2.80. The molecule has 4 aromatic rings. The lowest BCUT2D eigenvalue weighted by Crippen LogP contribution is -2.02. The topological polar surface area (TPSA) is 87.6 Å². The molecule has 6 nitrogen and oxygen atoms in total. The summed E-state index contributed by atoms with van der Waals surface area (Å²) in [7, 11) is 0. The average molecular weight is 352 g/mol. The third-order valence-corrected chi connectivity index (χ3v) is 4.82. The van der Waals surface area contributed by atoms with Crippen LogP contribution < -0.4 is 0 Å². The number of nitrogens with zero attached hydrogens (tertiary/aromatic N) is 2. The zero-order valence-corrected chi connectivity index (χ0v) is 14.6. The number of Topliss-reactive ketones (excluding diaryl/α,β-unsaturated/α-hetero) is 1. The lowest BCUT2D eigenvalue weighted by atomic mass is 10.2. The van der Waals surface area contributed by atoms with Crippen molar-refractivity contribution in [3.05, 3.63) is 53.5 Å². The number of aromatic nitrogens is 4. The molecule has 3 aromatic heterocycles. The molecule has 3 heterocycles. The van der Waals surface area contributed by atoms with Crippen LogP contribution in [0.15, 0.2) is 46.2 Å². The molecule has 4 rings (SSSR count). The van der Waals surface area contributed by atoms with Gasteiger partial charge in [-0.3, -0.25) is 4.79 Å². The first-order valence-electron chi connectivity index (χ1n) is 7.84. The van der Waals surface area contributed by atoms with E-state index in [1.54, 1.807) is 0 Å². The Morgan fingerprint density at radius 2 is 2.08 bits per heavy atom. The summed E-state index contributed by atoms with van der Waals surface area (Å²) in [6.45, 7) is 3.83. The van der Waals surface area contributed by atoms with Crippen molar-refractivity contribution in [3.8, 4) is 11.5 Å². The number of carbonyl (C=O) groups is 1. The predicted molar refractivity (Wildman–Crippen MR) is 96.9 cm³/mol. The van der Waals surface area contributed by atoms with Crippen LogP contribution in [0.25, 0.3) is 22.4 Å². The fourth-order valence-electron chi connectivity index (χ4n) is 2.84. The molecule has 0 fully saturated rings. The molecular formula is C18H16N4O2S. The van der Waals surface area contributed by atoms with Gasteiger partial charge in [0.25, 0.3) is 11.1 Å². The molecule has 2 N–H and O–H groups in total. The van der Waals surface area contributed by atoms with Crippen LogP contribution in [0.1, 0.15) is 21.7 Å². The van der Waals surface area contributed by atoms with Gasteiger partial charge in [0, 0.05) is 34.1 Å². The molecule has 0 radical (unpaired) electrons. The maximum absolute atomic E-state index is 12.3. The van der Waals surface area contributed by atoms with E-state index >= 15 is 0 Å². The van der Waals surface area contributed by atoms with Crippen molar-refractivity contribution in [2.75, 3.05) is 5.75 Å². The quantitative estimate of drug-likeness (QED) is 0.416. The summed E-state index contributed by atoms with van der Waals surface area (Å²) in [5.74, 6) is 0.743. The van der Waals surface area contributed by atoms with Crippen LogP contribution in [0, 0.1) is 13.8 Å². The molecule has 0 spiro atoms. The molecule has 126 valence electrons. The third-order valence-electron chi connectivity index (χ3n) is 4.00. The van der Waals surface area contributed by atoms with Gasteiger partial charge >= 0.3 is 0 Å². The number of aryl methyl sites for hydroxylation is 2. The van der Waals surface area contributed by atoms with Gasteiger partial charge in [-0.15, -0.1) is 10.2 Å². The molecular weight excluding hydrogens is 336 g/mol. The van der Waals surface area contributed by atoms with E-state index in [0.717, 1.165) is 27.9 Å². The zero-order chi connectivity index (χ0) is 17.4. The Morgan fingerprint density at radius 1 is 1.24 bits per heavy atom. The van der Waals surface area contributed by atoms with Gasteiger partial charge < -0.3 is 14.4 Å². The number of hydrogen-bond donors (Lipinski definition) is 2. The van der Waals surface area contributed by atoms with Gasteiger partial charge in [0.15, 0.2) is 5.78 Å². The Balaban J connectivity index is 1.50. The molecule has 25 heavy (non-hydrogen) atoms. The smallest absolute Gasteiger partial charge is 0.277 e. The van der Waals surface area contributed by atoms with Crippen molar-refractivity contribution in [3.63, 3.8) is 0 Å².